The van der Waals surface area contributed by atoms with Crippen molar-refractivity contribution in [3.8, 4) is 0 Å². The van der Waals surface area contributed by atoms with Crippen molar-refractivity contribution in [3.05, 3.63) is 35.9 Å². The summed E-state index contributed by atoms with van der Waals surface area (Å²) in [6, 6.07) is 10.4. The van der Waals surface area contributed by atoms with Gasteiger partial charge in [0, 0.05) is 44.3 Å². The molecule has 1 aromatic carbocycles. The molecule has 0 atom stereocenters. The first kappa shape index (κ1) is 14.3. The summed E-state index contributed by atoms with van der Waals surface area (Å²) < 4.78 is 5.44. The van der Waals surface area contributed by atoms with Gasteiger partial charge in [-0.05, 0) is 30.9 Å². The second kappa shape index (κ2) is 6.41. The third kappa shape index (κ3) is 3.17. The van der Waals surface area contributed by atoms with Crippen LogP contribution in [0.4, 0.5) is 5.82 Å². The van der Waals surface area contributed by atoms with Gasteiger partial charge < -0.3 is 15.4 Å². The molecule has 1 aliphatic rings. The Morgan fingerprint density at radius 3 is 2.81 bits per heavy atom. The van der Waals surface area contributed by atoms with Crippen LogP contribution < -0.4 is 10.6 Å². The van der Waals surface area contributed by atoms with Gasteiger partial charge in [0.1, 0.15) is 5.82 Å². The zero-order valence-corrected chi connectivity index (χ0v) is 12.6. The van der Waals surface area contributed by atoms with Gasteiger partial charge in [-0.25, -0.2) is 4.98 Å². The molecule has 4 heteroatoms. The van der Waals surface area contributed by atoms with Gasteiger partial charge in [-0.15, -0.1) is 0 Å². The van der Waals surface area contributed by atoms with Crippen LogP contribution in [0.3, 0.4) is 0 Å². The predicted molar refractivity (Wildman–Crippen MR) is 86.4 cm³/mol. The van der Waals surface area contributed by atoms with Crippen LogP contribution in [0.25, 0.3) is 10.9 Å². The summed E-state index contributed by atoms with van der Waals surface area (Å²) in [6.07, 6.45) is 2.27. The molecule has 0 aliphatic carbocycles. The Hall–Kier alpha value is -1.65. The van der Waals surface area contributed by atoms with E-state index in [1.807, 2.05) is 12.1 Å². The van der Waals surface area contributed by atoms with E-state index in [0.29, 0.717) is 12.5 Å². The maximum atomic E-state index is 5.93. The largest absolute Gasteiger partial charge is 0.381 e. The van der Waals surface area contributed by atoms with Crippen LogP contribution in [0.5, 0.6) is 0 Å². The minimum Gasteiger partial charge on any atom is -0.381 e. The SMILES string of the molecule is CN(CC1CCOCC1)c1nc2ccccc2cc1CN. The van der Waals surface area contributed by atoms with E-state index in [0.717, 1.165) is 54.9 Å². The van der Waals surface area contributed by atoms with E-state index in [-0.39, 0.29) is 0 Å². The number of nitrogens with two attached hydrogens (primary N) is 1. The summed E-state index contributed by atoms with van der Waals surface area (Å²) in [5.74, 6) is 1.70. The number of nitrogens with zero attached hydrogens (tertiary/aromatic N) is 2. The quantitative estimate of drug-likeness (QED) is 0.938. The van der Waals surface area contributed by atoms with E-state index >= 15 is 0 Å². The highest BCUT2D eigenvalue weighted by atomic mass is 16.5. The van der Waals surface area contributed by atoms with E-state index in [4.69, 9.17) is 15.5 Å². The molecule has 1 fully saturated rings. The van der Waals surface area contributed by atoms with Gasteiger partial charge in [0.2, 0.25) is 0 Å². The topological polar surface area (TPSA) is 51.4 Å². The number of aromatic nitrogens is 1. The molecule has 0 spiro atoms. The summed E-state index contributed by atoms with van der Waals surface area (Å²) in [6.45, 7) is 3.30. The van der Waals surface area contributed by atoms with Crippen molar-refractivity contribution in [3.63, 3.8) is 0 Å². The molecule has 0 unspecified atom stereocenters. The smallest absolute Gasteiger partial charge is 0.133 e. The molecule has 0 bridgehead atoms. The van der Waals surface area contributed by atoms with E-state index in [2.05, 4.69) is 30.1 Å². The Kier molecular flexibility index (Phi) is 4.36. The molecular weight excluding hydrogens is 262 g/mol. The van der Waals surface area contributed by atoms with Gasteiger partial charge in [-0.2, -0.15) is 0 Å². The number of pyridine rings is 1. The second-order valence-corrected chi connectivity index (χ2v) is 5.80. The number of rotatable bonds is 4. The second-order valence-electron chi connectivity index (χ2n) is 5.80. The fraction of sp³-hybridized carbons (Fsp3) is 0.471. The van der Waals surface area contributed by atoms with Gasteiger partial charge in [0.05, 0.1) is 5.52 Å². The lowest BCUT2D eigenvalue weighted by atomic mass is 9.99. The standard InChI is InChI=1S/C17H23N3O/c1-20(12-13-6-8-21-9-7-13)17-15(11-18)10-14-4-2-3-5-16(14)19-17/h2-5,10,13H,6-9,11-12,18H2,1H3. The minimum absolute atomic E-state index is 0.519. The molecule has 2 aromatic rings. The molecule has 1 aromatic heterocycles. The van der Waals surface area contributed by atoms with Crippen LogP contribution in [-0.4, -0.2) is 31.8 Å². The number of benzene rings is 1. The van der Waals surface area contributed by atoms with Gasteiger partial charge in [0.25, 0.3) is 0 Å². The summed E-state index contributed by atoms with van der Waals surface area (Å²) in [4.78, 5) is 7.08. The van der Waals surface area contributed by atoms with Gasteiger partial charge in [0.15, 0.2) is 0 Å². The average Bonchev–Trinajstić information content (AvgIpc) is 2.54. The molecule has 2 heterocycles. The van der Waals surface area contributed by atoms with Crippen LogP contribution in [0, 0.1) is 5.92 Å². The predicted octanol–water partition coefficient (Wildman–Crippen LogP) is 2.56. The molecule has 0 saturated carbocycles. The molecule has 4 nitrogen and oxygen atoms in total. The van der Waals surface area contributed by atoms with Crippen molar-refractivity contribution in [2.24, 2.45) is 11.7 Å². The molecule has 3 rings (SSSR count). The first-order chi connectivity index (χ1) is 10.3. The van der Waals surface area contributed by atoms with Crippen molar-refractivity contribution in [2.75, 3.05) is 31.7 Å². The number of hydrogen-bond acceptors (Lipinski definition) is 4. The lowest BCUT2D eigenvalue weighted by Gasteiger charge is -2.29. The van der Waals surface area contributed by atoms with E-state index in [1.54, 1.807) is 0 Å². The van der Waals surface area contributed by atoms with Gasteiger partial charge in [-0.3, -0.25) is 0 Å². The van der Waals surface area contributed by atoms with Crippen LogP contribution in [-0.2, 0) is 11.3 Å². The lowest BCUT2D eigenvalue weighted by molar-refractivity contribution is 0.0685. The summed E-state index contributed by atoms with van der Waals surface area (Å²) >= 11 is 0. The number of para-hydroxylation sites is 1. The van der Waals surface area contributed by atoms with Gasteiger partial charge >= 0.3 is 0 Å². The molecule has 2 N–H and O–H groups in total. The zero-order chi connectivity index (χ0) is 14.7. The van der Waals surface area contributed by atoms with E-state index < -0.39 is 0 Å². The third-order valence-corrected chi connectivity index (χ3v) is 4.23. The highest BCUT2D eigenvalue weighted by Crippen LogP contribution is 2.25. The Bertz CT molecular complexity index is 608. The fourth-order valence-electron chi connectivity index (χ4n) is 3.03. The van der Waals surface area contributed by atoms with Crippen LogP contribution in [0.1, 0.15) is 18.4 Å². The fourth-order valence-corrected chi connectivity index (χ4v) is 3.03. The van der Waals surface area contributed by atoms with Crippen molar-refractivity contribution in [1.82, 2.24) is 4.98 Å². The summed E-state index contributed by atoms with van der Waals surface area (Å²) in [5.41, 5.74) is 8.07. The number of ether oxygens (including phenoxy) is 1. The molecule has 0 radical (unpaired) electrons. The third-order valence-electron chi connectivity index (χ3n) is 4.23. The molecular formula is C17H23N3O. The van der Waals surface area contributed by atoms with Crippen molar-refractivity contribution in [2.45, 2.75) is 19.4 Å². The monoisotopic (exact) mass is 285 g/mol. The molecule has 112 valence electrons. The highest BCUT2D eigenvalue weighted by molar-refractivity contribution is 5.81. The maximum Gasteiger partial charge on any atom is 0.133 e. The highest BCUT2D eigenvalue weighted by Gasteiger charge is 2.18. The first-order valence-corrected chi connectivity index (χ1v) is 7.65. The Morgan fingerprint density at radius 2 is 2.05 bits per heavy atom. The van der Waals surface area contributed by atoms with Crippen molar-refractivity contribution in [1.29, 1.82) is 0 Å². The normalized spacial score (nSPS) is 16.3. The van der Waals surface area contributed by atoms with E-state index in [1.165, 1.54) is 0 Å². The molecule has 1 saturated heterocycles. The summed E-state index contributed by atoms with van der Waals surface area (Å²) in [5, 5.41) is 1.15. The molecule has 1 aliphatic heterocycles. The lowest BCUT2D eigenvalue weighted by Crippen LogP contribution is -2.31. The van der Waals surface area contributed by atoms with Crippen LogP contribution in [0.15, 0.2) is 30.3 Å². The Morgan fingerprint density at radius 1 is 1.29 bits per heavy atom. The minimum atomic E-state index is 0.519. The molecule has 0 amide bonds. The van der Waals surface area contributed by atoms with Crippen molar-refractivity contribution >= 4 is 16.7 Å². The maximum absolute atomic E-state index is 5.93. The van der Waals surface area contributed by atoms with Gasteiger partial charge in [-0.1, -0.05) is 18.2 Å². The average molecular weight is 285 g/mol. The van der Waals surface area contributed by atoms with E-state index in [9.17, 15) is 0 Å². The molecule has 21 heavy (non-hydrogen) atoms. The zero-order valence-electron chi connectivity index (χ0n) is 12.6. The number of hydrogen-bond donors (Lipinski definition) is 1. The van der Waals surface area contributed by atoms with Crippen molar-refractivity contribution < 1.29 is 4.74 Å². The first-order valence-electron chi connectivity index (χ1n) is 7.65. The van der Waals surface area contributed by atoms with Crippen LogP contribution in [0.2, 0.25) is 0 Å². The Labute approximate surface area is 125 Å². The number of fused-ring (bicyclic) bond motifs is 1. The van der Waals surface area contributed by atoms with Crippen LogP contribution >= 0.6 is 0 Å². The summed E-state index contributed by atoms with van der Waals surface area (Å²) in [7, 11) is 2.12. The Balaban J connectivity index is 1.86. The number of anilines is 1.